The van der Waals surface area contributed by atoms with Crippen molar-refractivity contribution < 1.29 is 8.42 Å². The summed E-state index contributed by atoms with van der Waals surface area (Å²) in [4.78, 5) is 13.1. The lowest BCUT2D eigenvalue weighted by molar-refractivity contribution is 0.606. The maximum atomic E-state index is 11.6. The number of aryl methyl sites for hydroxylation is 2. The number of hydrogen-bond acceptors (Lipinski definition) is 6. The van der Waals surface area contributed by atoms with Crippen molar-refractivity contribution in [2.45, 2.75) is 26.8 Å². The number of nitrogens with two attached hydrogens (primary N) is 1. The van der Waals surface area contributed by atoms with Gasteiger partial charge in [-0.25, -0.2) is 18.4 Å². The van der Waals surface area contributed by atoms with E-state index < -0.39 is 10.0 Å². The number of sulfonamides is 1. The van der Waals surface area contributed by atoms with E-state index in [1.807, 2.05) is 31.2 Å². The first-order valence-electron chi connectivity index (χ1n) is 9.40. The Kier molecular flexibility index (Phi) is 6.45. The summed E-state index contributed by atoms with van der Waals surface area (Å²) in [5.74, 6) is 6.24. The van der Waals surface area contributed by atoms with Gasteiger partial charge >= 0.3 is 0 Å². The number of aromatic nitrogens is 3. The molecule has 0 aliphatic carbocycles. The quantitative estimate of drug-likeness (QED) is 0.613. The monoisotopic (exact) mass is 421 g/mol. The summed E-state index contributed by atoms with van der Waals surface area (Å²) in [5.41, 5.74) is 11.5. The zero-order valence-electron chi connectivity index (χ0n) is 17.1. The number of nitrogens with one attached hydrogen (secondary N) is 1. The van der Waals surface area contributed by atoms with Crippen LogP contribution in [0.2, 0.25) is 0 Å². The summed E-state index contributed by atoms with van der Waals surface area (Å²) in [7, 11) is -3.41. The summed E-state index contributed by atoms with van der Waals surface area (Å²) < 4.78 is 25.6. The van der Waals surface area contributed by atoms with Crippen LogP contribution < -0.4 is 10.5 Å². The third-order valence-corrected chi connectivity index (χ3v) is 5.03. The molecular weight excluding hydrogens is 398 g/mol. The highest BCUT2D eigenvalue weighted by Crippen LogP contribution is 2.23. The fraction of sp³-hybridized carbons (Fsp3) is 0.227. The molecule has 0 aliphatic heterocycles. The predicted octanol–water partition coefficient (Wildman–Crippen LogP) is 2.64. The molecule has 3 N–H and O–H groups in total. The Morgan fingerprint density at radius 1 is 1.10 bits per heavy atom. The van der Waals surface area contributed by atoms with Crippen molar-refractivity contribution in [1.29, 1.82) is 0 Å². The molecule has 154 valence electrons. The van der Waals surface area contributed by atoms with Gasteiger partial charge in [-0.3, -0.25) is 9.71 Å². The second-order valence-corrected chi connectivity index (χ2v) is 8.53. The van der Waals surface area contributed by atoms with Gasteiger partial charge < -0.3 is 5.73 Å². The second-order valence-electron chi connectivity index (χ2n) is 6.78. The van der Waals surface area contributed by atoms with E-state index in [0.29, 0.717) is 29.9 Å². The maximum absolute atomic E-state index is 11.6. The van der Waals surface area contributed by atoms with Gasteiger partial charge in [-0.05, 0) is 25.0 Å². The molecule has 1 aromatic carbocycles. The minimum Gasteiger partial charge on any atom is -0.326 e. The van der Waals surface area contributed by atoms with Gasteiger partial charge in [0.25, 0.3) is 0 Å². The number of pyridine rings is 1. The summed E-state index contributed by atoms with van der Waals surface area (Å²) in [6, 6.07) is 9.54. The lowest BCUT2D eigenvalue weighted by Crippen LogP contribution is -2.11. The van der Waals surface area contributed by atoms with Crippen molar-refractivity contribution in [1.82, 2.24) is 15.0 Å². The van der Waals surface area contributed by atoms with Crippen molar-refractivity contribution in [2.75, 3.05) is 11.0 Å². The van der Waals surface area contributed by atoms with Gasteiger partial charge in [0.1, 0.15) is 6.33 Å². The van der Waals surface area contributed by atoms with Crippen LogP contribution in [-0.4, -0.2) is 29.6 Å². The first-order chi connectivity index (χ1) is 14.3. The smallest absolute Gasteiger partial charge is 0.229 e. The van der Waals surface area contributed by atoms with Crippen LogP contribution in [0.4, 0.5) is 5.69 Å². The summed E-state index contributed by atoms with van der Waals surface area (Å²) in [6.45, 7) is 4.21. The summed E-state index contributed by atoms with van der Waals surface area (Å²) >= 11 is 0. The van der Waals surface area contributed by atoms with Crippen LogP contribution in [0.25, 0.3) is 11.3 Å². The molecule has 0 spiro atoms. The zero-order chi connectivity index (χ0) is 21.7. The summed E-state index contributed by atoms with van der Waals surface area (Å²) in [5, 5.41) is 0. The highest BCUT2D eigenvalue weighted by atomic mass is 32.2. The maximum Gasteiger partial charge on any atom is 0.229 e. The first kappa shape index (κ1) is 21.4. The highest BCUT2D eigenvalue weighted by molar-refractivity contribution is 7.92. The Hall–Kier alpha value is -3.28. The zero-order valence-corrected chi connectivity index (χ0v) is 17.9. The molecular formula is C22H23N5O2S. The number of nitrogens with zero attached hydrogens (tertiary/aromatic N) is 3. The van der Waals surface area contributed by atoms with Crippen LogP contribution in [0.5, 0.6) is 0 Å². The minimum atomic E-state index is -3.41. The van der Waals surface area contributed by atoms with E-state index in [2.05, 4.69) is 31.5 Å². The van der Waals surface area contributed by atoms with Gasteiger partial charge in [0.15, 0.2) is 0 Å². The predicted molar refractivity (Wildman–Crippen MR) is 118 cm³/mol. The molecule has 2 heterocycles. The first-order valence-corrected chi connectivity index (χ1v) is 11.3. The molecule has 7 nitrogen and oxygen atoms in total. The average molecular weight is 422 g/mol. The molecule has 3 rings (SSSR count). The Bertz CT molecular complexity index is 1230. The third kappa shape index (κ3) is 5.20. The van der Waals surface area contributed by atoms with Gasteiger partial charge in [0.2, 0.25) is 10.0 Å². The second kappa shape index (κ2) is 9.03. The Morgan fingerprint density at radius 3 is 2.47 bits per heavy atom. The lowest BCUT2D eigenvalue weighted by Gasteiger charge is -2.09. The van der Waals surface area contributed by atoms with Crippen molar-refractivity contribution >= 4 is 15.7 Å². The van der Waals surface area contributed by atoms with Crippen molar-refractivity contribution in [3.05, 3.63) is 70.9 Å². The van der Waals surface area contributed by atoms with E-state index in [0.717, 1.165) is 34.3 Å². The normalized spacial score (nSPS) is 10.9. The lowest BCUT2D eigenvalue weighted by atomic mass is 10.0. The Balaban J connectivity index is 2.06. The van der Waals surface area contributed by atoms with Crippen LogP contribution in [-0.2, 0) is 23.0 Å². The molecule has 8 heteroatoms. The van der Waals surface area contributed by atoms with Crippen LogP contribution in [0.3, 0.4) is 0 Å². The molecule has 0 aliphatic rings. The molecule has 3 aromatic rings. The van der Waals surface area contributed by atoms with Gasteiger partial charge in [-0.15, -0.1) is 0 Å². The van der Waals surface area contributed by atoms with E-state index in [9.17, 15) is 8.42 Å². The van der Waals surface area contributed by atoms with Gasteiger partial charge in [0, 0.05) is 23.9 Å². The molecule has 2 aromatic heterocycles. The molecule has 0 saturated carbocycles. The van der Waals surface area contributed by atoms with Crippen LogP contribution in [0, 0.1) is 18.8 Å². The summed E-state index contributed by atoms with van der Waals surface area (Å²) in [6.07, 6.45) is 4.95. The molecule has 30 heavy (non-hydrogen) atoms. The van der Waals surface area contributed by atoms with E-state index in [4.69, 9.17) is 5.73 Å². The van der Waals surface area contributed by atoms with Gasteiger partial charge in [-0.1, -0.05) is 43.0 Å². The third-order valence-electron chi connectivity index (χ3n) is 4.44. The van der Waals surface area contributed by atoms with E-state index in [1.165, 1.54) is 6.33 Å². The molecule has 0 saturated heterocycles. The Morgan fingerprint density at radius 2 is 1.83 bits per heavy atom. The number of rotatable bonds is 5. The van der Waals surface area contributed by atoms with Crippen LogP contribution in [0.1, 0.15) is 35.0 Å². The van der Waals surface area contributed by atoms with Crippen molar-refractivity contribution in [2.24, 2.45) is 5.73 Å². The van der Waals surface area contributed by atoms with Gasteiger partial charge in [0.05, 0.1) is 34.6 Å². The van der Waals surface area contributed by atoms with E-state index in [1.54, 1.807) is 19.2 Å². The molecule has 0 radical (unpaired) electrons. The molecule has 0 unspecified atom stereocenters. The highest BCUT2D eigenvalue weighted by Gasteiger charge is 2.11. The van der Waals surface area contributed by atoms with Crippen LogP contribution >= 0.6 is 0 Å². The average Bonchev–Trinajstić information content (AvgIpc) is 2.73. The van der Waals surface area contributed by atoms with Crippen molar-refractivity contribution in [3.8, 4) is 23.1 Å². The fourth-order valence-electron chi connectivity index (χ4n) is 2.88. The van der Waals surface area contributed by atoms with Gasteiger partial charge in [-0.2, -0.15) is 0 Å². The topological polar surface area (TPSA) is 111 Å². The standard InChI is InChI=1S/C22H23N5O2S/c1-4-20-19(22(26-14-25-20)18-8-5-16(12-23)6-9-18)10-7-17-11-21(15(2)24-13-17)27-30(3,28)29/h5-6,8-9,11,13-14,27H,4,12,23H2,1-3H3. The number of benzene rings is 1. The number of hydrogen-bond donors (Lipinski definition) is 2. The Labute approximate surface area is 176 Å². The fourth-order valence-corrected chi connectivity index (χ4v) is 3.48. The molecule has 0 fully saturated rings. The van der Waals surface area contributed by atoms with Crippen molar-refractivity contribution in [3.63, 3.8) is 0 Å². The molecule has 0 atom stereocenters. The largest absolute Gasteiger partial charge is 0.326 e. The van der Waals surface area contributed by atoms with E-state index in [-0.39, 0.29) is 0 Å². The SMILES string of the molecule is CCc1ncnc(-c2ccc(CN)cc2)c1C#Cc1cnc(C)c(NS(C)(=O)=O)c1. The number of anilines is 1. The molecule has 0 amide bonds. The van der Waals surface area contributed by atoms with E-state index >= 15 is 0 Å². The minimum absolute atomic E-state index is 0.405. The van der Waals surface area contributed by atoms with Crippen LogP contribution in [0.15, 0.2) is 42.9 Å². The molecule has 0 bridgehead atoms.